The molecule has 0 saturated carbocycles. The molecule has 0 amide bonds. The maximum Gasteiger partial charge on any atom is 0.251 e. The van der Waals surface area contributed by atoms with Gasteiger partial charge in [-0.15, -0.1) is 0 Å². The highest BCUT2D eigenvalue weighted by Crippen LogP contribution is 2.20. The second-order valence-electron chi connectivity index (χ2n) is 7.54. The second kappa shape index (κ2) is 8.12. The first-order valence-corrected chi connectivity index (χ1v) is 10.2. The van der Waals surface area contributed by atoms with E-state index in [4.69, 9.17) is 4.74 Å². The maximum absolute atomic E-state index is 12.8. The molecule has 5 rings (SSSR count). The number of aromatic nitrogens is 4. The van der Waals surface area contributed by atoms with Crippen molar-refractivity contribution in [3.8, 4) is 11.3 Å². The van der Waals surface area contributed by atoms with Crippen LogP contribution < -0.4 is 10.9 Å². The topological polar surface area (TPSA) is 84.8 Å². The SMILES string of the molecule is O=c1cc(-c2ccnc(NC3CCOCC3)n2)ccn1Cc1cccc2cc[nH]c12. The van der Waals surface area contributed by atoms with Crippen LogP contribution in [0.15, 0.2) is 65.8 Å². The molecule has 4 heterocycles. The van der Waals surface area contributed by atoms with Crippen molar-refractivity contribution in [2.45, 2.75) is 25.4 Å². The van der Waals surface area contributed by atoms with Crippen LogP contribution in [0.2, 0.25) is 0 Å². The van der Waals surface area contributed by atoms with Crippen molar-refractivity contribution in [2.24, 2.45) is 0 Å². The summed E-state index contributed by atoms with van der Waals surface area (Å²) in [5.41, 5.74) is 3.60. The lowest BCUT2D eigenvalue weighted by Gasteiger charge is -2.23. The van der Waals surface area contributed by atoms with E-state index in [-0.39, 0.29) is 5.56 Å². The molecule has 152 valence electrons. The van der Waals surface area contributed by atoms with E-state index >= 15 is 0 Å². The molecule has 7 heteroatoms. The molecule has 1 fully saturated rings. The lowest BCUT2D eigenvalue weighted by atomic mass is 10.1. The van der Waals surface area contributed by atoms with Gasteiger partial charge in [0.1, 0.15) is 0 Å². The van der Waals surface area contributed by atoms with Gasteiger partial charge in [0.2, 0.25) is 5.95 Å². The fourth-order valence-corrected chi connectivity index (χ4v) is 3.88. The Morgan fingerprint density at radius 1 is 1.17 bits per heavy atom. The first-order chi connectivity index (χ1) is 14.8. The number of fused-ring (bicyclic) bond motifs is 1. The number of nitrogens with zero attached hydrogens (tertiary/aromatic N) is 3. The summed E-state index contributed by atoms with van der Waals surface area (Å²) in [6.45, 7) is 2.02. The highest BCUT2D eigenvalue weighted by atomic mass is 16.5. The number of nitrogens with one attached hydrogen (secondary N) is 2. The predicted molar refractivity (Wildman–Crippen MR) is 117 cm³/mol. The number of anilines is 1. The minimum Gasteiger partial charge on any atom is -0.381 e. The van der Waals surface area contributed by atoms with Crippen molar-refractivity contribution in [3.63, 3.8) is 0 Å². The van der Waals surface area contributed by atoms with Crippen LogP contribution in [0.3, 0.4) is 0 Å². The first kappa shape index (κ1) is 18.6. The minimum absolute atomic E-state index is 0.0615. The van der Waals surface area contributed by atoms with Gasteiger partial charge in [-0.3, -0.25) is 4.79 Å². The lowest BCUT2D eigenvalue weighted by Crippen LogP contribution is -2.28. The van der Waals surface area contributed by atoms with Crippen LogP contribution in [0.4, 0.5) is 5.95 Å². The van der Waals surface area contributed by atoms with Crippen molar-refractivity contribution in [1.29, 1.82) is 0 Å². The number of hydrogen-bond acceptors (Lipinski definition) is 5. The molecule has 0 unspecified atom stereocenters. The summed E-state index contributed by atoms with van der Waals surface area (Å²) in [6.07, 6.45) is 7.35. The van der Waals surface area contributed by atoms with Gasteiger partial charge >= 0.3 is 0 Å². The molecule has 1 aliphatic heterocycles. The molecule has 7 nitrogen and oxygen atoms in total. The summed E-state index contributed by atoms with van der Waals surface area (Å²) in [4.78, 5) is 25.0. The number of H-pyrrole nitrogens is 1. The molecule has 1 saturated heterocycles. The van der Waals surface area contributed by atoms with Crippen molar-refractivity contribution in [3.05, 3.63) is 77.0 Å². The van der Waals surface area contributed by atoms with Gasteiger partial charge < -0.3 is 19.6 Å². The van der Waals surface area contributed by atoms with Gasteiger partial charge in [-0.2, -0.15) is 0 Å². The van der Waals surface area contributed by atoms with E-state index < -0.39 is 0 Å². The van der Waals surface area contributed by atoms with E-state index in [1.807, 2.05) is 42.7 Å². The maximum atomic E-state index is 12.8. The number of aromatic amines is 1. The normalized spacial score (nSPS) is 14.8. The van der Waals surface area contributed by atoms with Gasteiger partial charge in [0.05, 0.1) is 17.8 Å². The largest absolute Gasteiger partial charge is 0.381 e. The number of ether oxygens (including phenoxy) is 1. The van der Waals surface area contributed by atoms with Gasteiger partial charge in [-0.1, -0.05) is 18.2 Å². The zero-order valence-electron chi connectivity index (χ0n) is 16.5. The molecule has 0 radical (unpaired) electrons. The lowest BCUT2D eigenvalue weighted by molar-refractivity contribution is 0.0903. The third-order valence-electron chi connectivity index (χ3n) is 5.52. The highest BCUT2D eigenvalue weighted by molar-refractivity contribution is 5.82. The average Bonchev–Trinajstić information content (AvgIpc) is 3.26. The Hall–Kier alpha value is -3.45. The molecule has 3 aromatic heterocycles. The summed E-state index contributed by atoms with van der Waals surface area (Å²) >= 11 is 0. The van der Waals surface area contributed by atoms with Crippen LogP contribution >= 0.6 is 0 Å². The number of rotatable bonds is 5. The molecular weight excluding hydrogens is 378 g/mol. The summed E-state index contributed by atoms with van der Waals surface area (Å²) in [6, 6.07) is 13.8. The van der Waals surface area contributed by atoms with Crippen LogP contribution in [0.5, 0.6) is 0 Å². The number of para-hydroxylation sites is 1. The molecule has 1 aliphatic rings. The van der Waals surface area contributed by atoms with Crippen LogP contribution in [0.25, 0.3) is 22.2 Å². The minimum atomic E-state index is -0.0615. The number of benzene rings is 1. The van der Waals surface area contributed by atoms with E-state index in [1.165, 1.54) is 0 Å². The molecule has 2 N–H and O–H groups in total. The number of pyridine rings is 1. The Bertz CT molecular complexity index is 1220. The Morgan fingerprint density at radius 3 is 2.93 bits per heavy atom. The van der Waals surface area contributed by atoms with Crippen LogP contribution in [0.1, 0.15) is 18.4 Å². The Morgan fingerprint density at radius 2 is 2.07 bits per heavy atom. The van der Waals surface area contributed by atoms with Gasteiger partial charge in [0.25, 0.3) is 5.56 Å². The van der Waals surface area contributed by atoms with Crippen LogP contribution in [-0.2, 0) is 11.3 Å². The summed E-state index contributed by atoms with van der Waals surface area (Å²) in [7, 11) is 0. The number of hydrogen-bond donors (Lipinski definition) is 2. The van der Waals surface area contributed by atoms with Gasteiger partial charge in [0.15, 0.2) is 0 Å². The smallest absolute Gasteiger partial charge is 0.251 e. The van der Waals surface area contributed by atoms with E-state index in [1.54, 1.807) is 16.8 Å². The molecule has 1 aromatic carbocycles. The predicted octanol–water partition coefficient (Wildman–Crippen LogP) is 3.43. The first-order valence-electron chi connectivity index (χ1n) is 10.2. The molecule has 0 spiro atoms. The van der Waals surface area contributed by atoms with Crippen LogP contribution in [-0.4, -0.2) is 38.8 Å². The Balaban J connectivity index is 1.37. The fourth-order valence-electron chi connectivity index (χ4n) is 3.88. The monoisotopic (exact) mass is 401 g/mol. The molecule has 0 bridgehead atoms. The fraction of sp³-hybridized carbons (Fsp3) is 0.261. The van der Waals surface area contributed by atoms with E-state index in [9.17, 15) is 4.79 Å². The zero-order chi connectivity index (χ0) is 20.3. The third-order valence-corrected chi connectivity index (χ3v) is 5.52. The van der Waals surface area contributed by atoms with Gasteiger partial charge in [-0.05, 0) is 42.0 Å². The molecule has 0 atom stereocenters. The Kier molecular flexibility index (Phi) is 5.03. The Labute approximate surface area is 173 Å². The van der Waals surface area contributed by atoms with Crippen LogP contribution in [0, 0.1) is 0 Å². The van der Waals surface area contributed by atoms with E-state index in [2.05, 4.69) is 26.3 Å². The van der Waals surface area contributed by atoms with E-state index in [0.717, 1.165) is 53.8 Å². The highest BCUT2D eigenvalue weighted by Gasteiger charge is 2.15. The zero-order valence-corrected chi connectivity index (χ0v) is 16.5. The third kappa shape index (κ3) is 3.84. The molecule has 4 aromatic rings. The van der Waals surface area contributed by atoms with Crippen molar-refractivity contribution < 1.29 is 4.74 Å². The average molecular weight is 401 g/mol. The molecule has 0 aliphatic carbocycles. The second-order valence-corrected chi connectivity index (χ2v) is 7.54. The van der Waals surface area contributed by atoms with Crippen molar-refractivity contribution in [1.82, 2.24) is 19.5 Å². The quantitative estimate of drug-likeness (QED) is 0.535. The standard InChI is InChI=1S/C23H23N5O2/c29-21-14-17(20-5-10-25-23(27-20)26-19-7-12-30-13-8-19)6-11-28(21)15-18-3-1-2-16-4-9-24-22(16)18/h1-6,9-11,14,19,24H,7-8,12-13,15H2,(H,25,26,27). The van der Waals surface area contributed by atoms with Crippen molar-refractivity contribution in [2.75, 3.05) is 18.5 Å². The summed E-state index contributed by atoms with van der Waals surface area (Å²) < 4.78 is 7.11. The summed E-state index contributed by atoms with van der Waals surface area (Å²) in [5, 5.41) is 4.52. The van der Waals surface area contributed by atoms with E-state index in [0.29, 0.717) is 18.5 Å². The molecular formula is C23H23N5O2. The molecule has 30 heavy (non-hydrogen) atoms. The van der Waals surface area contributed by atoms with Crippen molar-refractivity contribution >= 4 is 16.9 Å². The van der Waals surface area contributed by atoms with Gasteiger partial charge in [-0.25, -0.2) is 9.97 Å². The van der Waals surface area contributed by atoms with Gasteiger partial charge in [0, 0.05) is 49.5 Å². The summed E-state index contributed by atoms with van der Waals surface area (Å²) in [5.74, 6) is 0.585.